The monoisotopic (exact) mass is 424 g/mol. The highest BCUT2D eigenvalue weighted by Gasteiger charge is 2.15. The second kappa shape index (κ2) is 7.91. The lowest BCUT2D eigenvalue weighted by Crippen LogP contribution is -2.13. The molecule has 0 bridgehead atoms. The highest BCUT2D eigenvalue weighted by molar-refractivity contribution is 9.11. The summed E-state index contributed by atoms with van der Waals surface area (Å²) in [6.07, 6.45) is 9.19. The molecule has 0 aromatic carbocycles. The van der Waals surface area contributed by atoms with E-state index in [2.05, 4.69) is 35.9 Å². The first kappa shape index (κ1) is 17.1. The van der Waals surface area contributed by atoms with Gasteiger partial charge in [-0.15, -0.1) is 22.7 Å². The quantitative estimate of drug-likeness (QED) is 0.559. The van der Waals surface area contributed by atoms with E-state index >= 15 is 0 Å². The molecule has 3 aromatic rings. The fourth-order valence-electron chi connectivity index (χ4n) is 1.95. The Labute approximate surface area is 155 Å². The topological polar surface area (TPSA) is 77.9 Å². The van der Waals surface area contributed by atoms with E-state index in [1.54, 1.807) is 29.9 Å². The molecule has 3 rings (SSSR count). The van der Waals surface area contributed by atoms with Crippen molar-refractivity contribution >= 4 is 44.6 Å². The van der Waals surface area contributed by atoms with Gasteiger partial charge in [0.05, 0.1) is 26.5 Å². The van der Waals surface area contributed by atoms with Crippen LogP contribution in [0.2, 0.25) is 0 Å². The first-order valence-corrected chi connectivity index (χ1v) is 9.53. The van der Waals surface area contributed by atoms with Crippen molar-refractivity contribution in [1.82, 2.24) is 19.9 Å². The summed E-state index contributed by atoms with van der Waals surface area (Å²) in [5.74, 6) is -0.220. The average Bonchev–Trinajstić information content (AvgIpc) is 3.23. The third-order valence-electron chi connectivity index (χ3n) is 3.07. The summed E-state index contributed by atoms with van der Waals surface area (Å²) < 4.78 is 6.12. The molecule has 0 amide bonds. The molecule has 0 spiro atoms. The number of hydrogen-bond acceptors (Lipinski definition) is 8. The maximum Gasteiger partial charge on any atom is 0.367 e. The van der Waals surface area contributed by atoms with Crippen LogP contribution in [-0.2, 0) is 11.2 Å². The predicted molar refractivity (Wildman–Crippen MR) is 96.1 cm³/mol. The minimum atomic E-state index is -0.390. The minimum Gasteiger partial charge on any atom is -0.460 e. The van der Waals surface area contributed by atoms with Crippen molar-refractivity contribution in [2.75, 3.05) is 6.61 Å². The molecule has 0 radical (unpaired) electrons. The molecule has 24 heavy (non-hydrogen) atoms. The lowest BCUT2D eigenvalue weighted by molar-refractivity contribution is 0.0448. The molecule has 0 aliphatic rings. The van der Waals surface area contributed by atoms with Crippen LogP contribution >= 0.6 is 38.6 Å². The second-order valence-corrected chi connectivity index (χ2v) is 8.65. The van der Waals surface area contributed by atoms with Gasteiger partial charge in [-0.05, 0) is 21.8 Å². The van der Waals surface area contributed by atoms with Gasteiger partial charge in [0.2, 0.25) is 5.01 Å². The zero-order chi connectivity index (χ0) is 16.9. The molecule has 1 atom stereocenters. The molecule has 3 aromatic heterocycles. The summed E-state index contributed by atoms with van der Waals surface area (Å²) in [7, 11) is 0. The van der Waals surface area contributed by atoms with Crippen molar-refractivity contribution in [3.05, 3.63) is 44.9 Å². The van der Waals surface area contributed by atoms with Crippen LogP contribution in [0, 0.1) is 5.92 Å². The Morgan fingerprint density at radius 3 is 2.71 bits per heavy atom. The molecule has 1 unspecified atom stereocenters. The number of rotatable bonds is 6. The van der Waals surface area contributed by atoms with Crippen molar-refractivity contribution in [3.63, 3.8) is 0 Å². The molecule has 9 heteroatoms. The van der Waals surface area contributed by atoms with Gasteiger partial charge >= 0.3 is 5.97 Å². The van der Waals surface area contributed by atoms with Gasteiger partial charge < -0.3 is 4.74 Å². The van der Waals surface area contributed by atoms with Crippen LogP contribution < -0.4 is 0 Å². The fourth-order valence-corrected chi connectivity index (χ4v) is 4.11. The van der Waals surface area contributed by atoms with Crippen LogP contribution in [-0.4, -0.2) is 32.5 Å². The van der Waals surface area contributed by atoms with Crippen molar-refractivity contribution in [2.24, 2.45) is 5.92 Å². The zero-order valence-corrected chi connectivity index (χ0v) is 15.9. The van der Waals surface area contributed by atoms with Gasteiger partial charge in [0.15, 0.2) is 0 Å². The van der Waals surface area contributed by atoms with E-state index in [-0.39, 0.29) is 11.9 Å². The van der Waals surface area contributed by atoms with Gasteiger partial charge in [-0.25, -0.2) is 24.7 Å². The zero-order valence-electron chi connectivity index (χ0n) is 12.7. The molecule has 6 nitrogen and oxygen atoms in total. The summed E-state index contributed by atoms with van der Waals surface area (Å²) >= 11 is 6.14. The van der Waals surface area contributed by atoms with E-state index in [0.29, 0.717) is 11.6 Å². The maximum absolute atomic E-state index is 11.9. The molecule has 0 aliphatic carbocycles. The third kappa shape index (κ3) is 4.43. The number of thiazole rings is 2. The summed E-state index contributed by atoms with van der Waals surface area (Å²) in [6.45, 7) is 2.36. The molecular weight excluding hydrogens is 412 g/mol. The Morgan fingerprint density at radius 2 is 2.00 bits per heavy atom. The standard InChI is InChI=1S/C15H13BrN4O2S2/c1-9(7-22-15(21)14-20-6-12(16)24-14)2-13-19-5-11(23-13)10-3-17-8-18-4-10/h3-6,8-9H,2,7H2,1H3. The van der Waals surface area contributed by atoms with Gasteiger partial charge in [-0.3, -0.25) is 0 Å². The SMILES string of the molecule is CC(COC(=O)c1ncc(Br)s1)Cc1ncc(-c2cncnc2)s1. The Bertz CT molecular complexity index is 822. The van der Waals surface area contributed by atoms with Crippen molar-refractivity contribution in [1.29, 1.82) is 0 Å². The van der Waals surface area contributed by atoms with Gasteiger partial charge in [0, 0.05) is 30.6 Å². The van der Waals surface area contributed by atoms with E-state index in [0.717, 1.165) is 25.7 Å². The number of esters is 1. The molecule has 3 heterocycles. The Morgan fingerprint density at radius 1 is 1.21 bits per heavy atom. The van der Waals surface area contributed by atoms with Gasteiger partial charge in [0.1, 0.15) is 6.33 Å². The van der Waals surface area contributed by atoms with E-state index in [4.69, 9.17) is 4.74 Å². The Hall–Kier alpha value is -1.71. The highest BCUT2D eigenvalue weighted by atomic mass is 79.9. The van der Waals surface area contributed by atoms with E-state index in [1.807, 2.05) is 13.1 Å². The van der Waals surface area contributed by atoms with Crippen LogP contribution in [0.5, 0.6) is 0 Å². The fraction of sp³-hybridized carbons (Fsp3) is 0.267. The van der Waals surface area contributed by atoms with Crippen LogP contribution in [0.25, 0.3) is 10.4 Å². The number of carbonyl (C=O) groups is 1. The molecule has 0 aliphatic heterocycles. The number of ether oxygens (including phenoxy) is 1. The third-order valence-corrected chi connectivity index (χ3v) is 5.60. The highest BCUT2D eigenvalue weighted by Crippen LogP contribution is 2.26. The second-order valence-electron chi connectivity index (χ2n) is 5.12. The van der Waals surface area contributed by atoms with E-state index < -0.39 is 0 Å². The van der Waals surface area contributed by atoms with Crippen molar-refractivity contribution in [3.8, 4) is 10.4 Å². The number of hydrogen-bond donors (Lipinski definition) is 0. The number of aromatic nitrogens is 4. The van der Waals surface area contributed by atoms with Gasteiger partial charge in [0.25, 0.3) is 0 Å². The van der Waals surface area contributed by atoms with Crippen molar-refractivity contribution in [2.45, 2.75) is 13.3 Å². The summed E-state index contributed by atoms with van der Waals surface area (Å²) in [5.41, 5.74) is 0.953. The van der Waals surface area contributed by atoms with Crippen LogP contribution in [0.3, 0.4) is 0 Å². The van der Waals surface area contributed by atoms with E-state index in [9.17, 15) is 4.79 Å². The van der Waals surface area contributed by atoms with Gasteiger partial charge in [-0.1, -0.05) is 6.92 Å². The maximum atomic E-state index is 11.9. The Balaban J connectivity index is 1.53. The van der Waals surface area contributed by atoms with Gasteiger partial charge in [-0.2, -0.15) is 0 Å². The summed E-state index contributed by atoms with van der Waals surface area (Å²) in [5, 5.41) is 1.35. The number of nitrogens with zero attached hydrogens (tertiary/aromatic N) is 4. The first-order valence-electron chi connectivity index (χ1n) is 7.10. The minimum absolute atomic E-state index is 0.170. The number of halogens is 1. The molecular formula is C15H13BrN4O2S2. The lowest BCUT2D eigenvalue weighted by atomic mass is 10.1. The molecule has 0 fully saturated rings. The van der Waals surface area contributed by atoms with Crippen LogP contribution in [0.15, 0.2) is 34.9 Å². The first-order chi connectivity index (χ1) is 11.6. The summed E-state index contributed by atoms with van der Waals surface area (Å²) in [6, 6.07) is 0. The molecule has 124 valence electrons. The summed E-state index contributed by atoms with van der Waals surface area (Å²) in [4.78, 5) is 29.4. The Kier molecular flexibility index (Phi) is 5.64. The predicted octanol–water partition coefficient (Wildman–Crippen LogP) is 3.85. The normalized spacial score (nSPS) is 12.1. The molecule has 0 saturated carbocycles. The lowest BCUT2D eigenvalue weighted by Gasteiger charge is -2.09. The van der Waals surface area contributed by atoms with E-state index in [1.165, 1.54) is 17.7 Å². The molecule has 0 saturated heterocycles. The van der Waals surface area contributed by atoms with Crippen LogP contribution in [0.1, 0.15) is 21.7 Å². The van der Waals surface area contributed by atoms with Crippen molar-refractivity contribution < 1.29 is 9.53 Å². The average molecular weight is 425 g/mol. The number of carbonyl (C=O) groups excluding carboxylic acids is 1. The molecule has 0 N–H and O–H groups in total. The smallest absolute Gasteiger partial charge is 0.367 e. The van der Waals surface area contributed by atoms with Crippen LogP contribution in [0.4, 0.5) is 0 Å². The largest absolute Gasteiger partial charge is 0.460 e.